The Balaban J connectivity index is 2.55. The second-order valence-corrected chi connectivity index (χ2v) is 4.64. The topological polar surface area (TPSA) is 41.5 Å². The molecule has 0 radical (unpaired) electrons. The zero-order valence-electron chi connectivity index (χ0n) is 10.9. The van der Waals surface area contributed by atoms with Gasteiger partial charge in [-0.3, -0.25) is 0 Å². The Kier molecular flexibility index (Phi) is 6.19. The van der Waals surface area contributed by atoms with Crippen molar-refractivity contribution in [3.63, 3.8) is 0 Å². The number of ether oxygens (including phenoxy) is 1. The Morgan fingerprint density at radius 2 is 1.88 bits per heavy atom. The zero-order chi connectivity index (χ0) is 12.7. The van der Waals surface area contributed by atoms with Crippen LogP contribution in [0.5, 0.6) is 0 Å². The Labute approximate surface area is 104 Å². The molecular formula is C14H23NO2. The first kappa shape index (κ1) is 14.2. The average Bonchev–Trinajstić information content (AvgIpc) is 2.35. The Morgan fingerprint density at radius 3 is 2.41 bits per heavy atom. The van der Waals surface area contributed by atoms with Gasteiger partial charge in [0, 0.05) is 13.7 Å². The van der Waals surface area contributed by atoms with E-state index >= 15 is 0 Å². The minimum absolute atomic E-state index is 0.134. The van der Waals surface area contributed by atoms with E-state index in [1.165, 1.54) is 5.56 Å². The van der Waals surface area contributed by atoms with Gasteiger partial charge in [-0.15, -0.1) is 0 Å². The van der Waals surface area contributed by atoms with Crippen LogP contribution >= 0.6 is 0 Å². The summed E-state index contributed by atoms with van der Waals surface area (Å²) in [5.41, 5.74) is 1.19. The predicted octanol–water partition coefficient (Wildman–Crippen LogP) is 1.98. The highest BCUT2D eigenvalue weighted by atomic mass is 16.5. The maximum absolute atomic E-state index is 9.79. The van der Waals surface area contributed by atoms with Crippen molar-refractivity contribution < 1.29 is 9.84 Å². The number of methoxy groups -OCH3 is 1. The summed E-state index contributed by atoms with van der Waals surface area (Å²) in [5, 5.41) is 13.1. The molecule has 0 bridgehead atoms. The van der Waals surface area contributed by atoms with Gasteiger partial charge in [0.15, 0.2) is 0 Å². The van der Waals surface area contributed by atoms with E-state index in [0.29, 0.717) is 13.2 Å². The summed E-state index contributed by atoms with van der Waals surface area (Å²) in [7, 11) is 1.69. The summed E-state index contributed by atoms with van der Waals surface area (Å²) in [6, 6.07) is 10.3. The van der Waals surface area contributed by atoms with Gasteiger partial charge in [-0.2, -0.15) is 0 Å². The van der Waals surface area contributed by atoms with E-state index in [-0.39, 0.29) is 18.1 Å². The van der Waals surface area contributed by atoms with Gasteiger partial charge in [-0.05, 0) is 11.5 Å². The molecule has 0 aliphatic carbocycles. The molecule has 96 valence electrons. The number of hydrogen-bond donors (Lipinski definition) is 2. The van der Waals surface area contributed by atoms with Crippen LogP contribution in [0.15, 0.2) is 30.3 Å². The van der Waals surface area contributed by atoms with Crippen molar-refractivity contribution in [3.8, 4) is 0 Å². The lowest BCUT2D eigenvalue weighted by molar-refractivity contribution is 0.108. The van der Waals surface area contributed by atoms with Crippen molar-refractivity contribution in [2.45, 2.75) is 26.0 Å². The van der Waals surface area contributed by atoms with Gasteiger partial charge in [0.1, 0.15) is 0 Å². The van der Waals surface area contributed by atoms with Gasteiger partial charge < -0.3 is 15.2 Å². The Hall–Kier alpha value is -0.900. The molecule has 0 spiro atoms. The van der Waals surface area contributed by atoms with Crippen molar-refractivity contribution in [3.05, 3.63) is 35.9 Å². The first-order valence-electron chi connectivity index (χ1n) is 6.10. The van der Waals surface area contributed by atoms with Crippen LogP contribution in [-0.4, -0.2) is 31.5 Å². The summed E-state index contributed by atoms with van der Waals surface area (Å²) in [4.78, 5) is 0. The van der Waals surface area contributed by atoms with Gasteiger partial charge in [-0.1, -0.05) is 44.2 Å². The van der Waals surface area contributed by atoms with Crippen LogP contribution in [0.4, 0.5) is 0 Å². The third kappa shape index (κ3) is 4.86. The number of nitrogens with one attached hydrogen (secondary N) is 1. The number of benzene rings is 1. The predicted molar refractivity (Wildman–Crippen MR) is 69.9 cm³/mol. The molecule has 0 fully saturated rings. The maximum Gasteiger partial charge on any atom is 0.0687 e. The molecule has 2 atom stereocenters. The lowest BCUT2D eigenvalue weighted by Gasteiger charge is -2.22. The number of hydrogen-bond acceptors (Lipinski definition) is 3. The van der Waals surface area contributed by atoms with Crippen molar-refractivity contribution in [1.29, 1.82) is 0 Å². The summed E-state index contributed by atoms with van der Waals surface area (Å²) < 4.78 is 5.21. The molecule has 3 heteroatoms. The molecule has 0 aliphatic heterocycles. The molecule has 0 saturated heterocycles. The van der Waals surface area contributed by atoms with Gasteiger partial charge in [0.2, 0.25) is 0 Å². The van der Waals surface area contributed by atoms with Crippen LogP contribution in [0, 0.1) is 5.92 Å². The standard InChI is InChI=1S/C14H23NO2/c1-11(2)14(16)9-15-13(10-17-3)12-7-5-4-6-8-12/h4-8,11,13-16H,9-10H2,1-3H3. The van der Waals surface area contributed by atoms with E-state index in [9.17, 15) is 5.11 Å². The minimum atomic E-state index is -0.321. The van der Waals surface area contributed by atoms with Crippen molar-refractivity contribution >= 4 is 0 Å². The molecule has 0 aliphatic rings. The highest BCUT2D eigenvalue weighted by Gasteiger charge is 2.14. The van der Waals surface area contributed by atoms with E-state index in [1.54, 1.807) is 7.11 Å². The van der Waals surface area contributed by atoms with Gasteiger partial charge in [-0.25, -0.2) is 0 Å². The normalized spacial score (nSPS) is 14.9. The first-order valence-corrected chi connectivity index (χ1v) is 6.10. The van der Waals surface area contributed by atoms with Gasteiger partial charge >= 0.3 is 0 Å². The fourth-order valence-corrected chi connectivity index (χ4v) is 1.62. The first-order chi connectivity index (χ1) is 8.15. The van der Waals surface area contributed by atoms with E-state index in [0.717, 1.165) is 0 Å². The second-order valence-electron chi connectivity index (χ2n) is 4.64. The third-order valence-corrected chi connectivity index (χ3v) is 2.88. The highest BCUT2D eigenvalue weighted by Crippen LogP contribution is 2.13. The molecule has 0 heterocycles. The van der Waals surface area contributed by atoms with E-state index in [1.807, 2.05) is 32.0 Å². The molecule has 0 saturated carbocycles. The van der Waals surface area contributed by atoms with Crippen molar-refractivity contribution in [2.75, 3.05) is 20.3 Å². The number of aliphatic hydroxyl groups is 1. The van der Waals surface area contributed by atoms with Crippen LogP contribution in [0.25, 0.3) is 0 Å². The summed E-state index contributed by atoms with van der Waals surface area (Å²) >= 11 is 0. The monoisotopic (exact) mass is 237 g/mol. The Bertz CT molecular complexity index is 300. The average molecular weight is 237 g/mol. The molecule has 1 aromatic carbocycles. The highest BCUT2D eigenvalue weighted by molar-refractivity contribution is 5.18. The van der Waals surface area contributed by atoms with Crippen molar-refractivity contribution in [2.24, 2.45) is 5.92 Å². The minimum Gasteiger partial charge on any atom is -0.392 e. The molecular weight excluding hydrogens is 214 g/mol. The SMILES string of the molecule is COCC(NCC(O)C(C)C)c1ccccc1. The second kappa shape index (κ2) is 7.43. The van der Waals surface area contributed by atoms with Crippen LogP contribution in [-0.2, 0) is 4.74 Å². The molecule has 1 aromatic rings. The zero-order valence-corrected chi connectivity index (χ0v) is 10.9. The third-order valence-electron chi connectivity index (χ3n) is 2.88. The summed E-state index contributed by atoms with van der Waals surface area (Å²) in [6.45, 7) is 5.22. The quantitative estimate of drug-likeness (QED) is 0.762. The number of aliphatic hydroxyl groups excluding tert-OH is 1. The van der Waals surface area contributed by atoms with Crippen LogP contribution in [0.3, 0.4) is 0 Å². The molecule has 17 heavy (non-hydrogen) atoms. The summed E-state index contributed by atoms with van der Waals surface area (Å²) in [6.07, 6.45) is -0.321. The fraction of sp³-hybridized carbons (Fsp3) is 0.571. The fourth-order valence-electron chi connectivity index (χ4n) is 1.62. The molecule has 2 N–H and O–H groups in total. The maximum atomic E-state index is 9.79. The largest absolute Gasteiger partial charge is 0.392 e. The molecule has 0 aromatic heterocycles. The van der Waals surface area contributed by atoms with Crippen LogP contribution in [0.2, 0.25) is 0 Å². The smallest absolute Gasteiger partial charge is 0.0687 e. The molecule has 1 rings (SSSR count). The van der Waals surface area contributed by atoms with Crippen LogP contribution in [0.1, 0.15) is 25.5 Å². The molecule has 2 unspecified atom stereocenters. The lowest BCUT2D eigenvalue weighted by atomic mass is 10.0. The van der Waals surface area contributed by atoms with Gasteiger partial charge in [0.25, 0.3) is 0 Å². The van der Waals surface area contributed by atoms with Crippen LogP contribution < -0.4 is 5.32 Å². The van der Waals surface area contributed by atoms with Crippen molar-refractivity contribution in [1.82, 2.24) is 5.32 Å². The summed E-state index contributed by atoms with van der Waals surface area (Å²) in [5.74, 6) is 0.265. The van der Waals surface area contributed by atoms with Gasteiger partial charge in [0.05, 0.1) is 18.8 Å². The lowest BCUT2D eigenvalue weighted by Crippen LogP contribution is -2.35. The Morgan fingerprint density at radius 1 is 1.24 bits per heavy atom. The van der Waals surface area contributed by atoms with E-state index in [2.05, 4.69) is 17.4 Å². The number of rotatable bonds is 7. The molecule has 0 amide bonds. The van der Waals surface area contributed by atoms with E-state index in [4.69, 9.17) is 4.74 Å². The molecule has 3 nitrogen and oxygen atoms in total. The van der Waals surface area contributed by atoms with E-state index < -0.39 is 0 Å².